The van der Waals surface area contributed by atoms with Crippen molar-refractivity contribution in [2.24, 2.45) is 4.99 Å². The molecule has 0 spiro atoms. The highest BCUT2D eigenvalue weighted by molar-refractivity contribution is 14.0. The molecule has 0 aliphatic rings. The van der Waals surface area contributed by atoms with Crippen LogP contribution in [0.5, 0.6) is 0 Å². The fourth-order valence-electron chi connectivity index (χ4n) is 2.75. The molecule has 8 heteroatoms. The second-order valence-electron chi connectivity index (χ2n) is 6.38. The molecule has 6 nitrogen and oxygen atoms in total. The molecule has 0 unspecified atom stereocenters. The van der Waals surface area contributed by atoms with Crippen LogP contribution in [0.25, 0.3) is 11.5 Å². The summed E-state index contributed by atoms with van der Waals surface area (Å²) in [6.45, 7) is 3.14. The molecule has 154 valence electrons. The molecule has 2 aromatic carbocycles. The Labute approximate surface area is 187 Å². The molecule has 0 saturated carbocycles. The van der Waals surface area contributed by atoms with Crippen molar-refractivity contribution in [3.63, 3.8) is 0 Å². The Hall–Kier alpha value is -2.49. The Morgan fingerprint density at radius 1 is 1.07 bits per heavy atom. The molecule has 0 aliphatic carbocycles. The van der Waals surface area contributed by atoms with Gasteiger partial charge >= 0.3 is 0 Å². The number of benzene rings is 2. The van der Waals surface area contributed by atoms with Crippen molar-refractivity contribution < 1.29 is 8.91 Å². The number of halogens is 2. The summed E-state index contributed by atoms with van der Waals surface area (Å²) in [6.07, 6.45) is 1.78. The molecule has 0 aliphatic heterocycles. The highest BCUT2D eigenvalue weighted by Crippen LogP contribution is 2.19. The van der Waals surface area contributed by atoms with E-state index in [9.17, 15) is 4.39 Å². The largest absolute Gasteiger partial charge is 0.352 e. The first-order valence-corrected chi connectivity index (χ1v) is 9.28. The third-order valence-electron chi connectivity index (χ3n) is 4.15. The highest BCUT2D eigenvalue weighted by atomic mass is 127. The van der Waals surface area contributed by atoms with Crippen LogP contribution >= 0.6 is 24.0 Å². The maximum Gasteiger partial charge on any atom is 0.257 e. The van der Waals surface area contributed by atoms with Gasteiger partial charge in [0.1, 0.15) is 5.82 Å². The van der Waals surface area contributed by atoms with Crippen LogP contribution in [-0.4, -0.2) is 23.1 Å². The van der Waals surface area contributed by atoms with Gasteiger partial charge in [-0.3, -0.25) is 4.99 Å². The molecule has 0 saturated heterocycles. The van der Waals surface area contributed by atoms with Gasteiger partial charge in [-0.1, -0.05) is 36.3 Å². The number of guanidine groups is 1. The minimum atomic E-state index is -0.248. The van der Waals surface area contributed by atoms with Crippen LogP contribution in [0.2, 0.25) is 0 Å². The van der Waals surface area contributed by atoms with E-state index in [1.165, 1.54) is 12.1 Å². The molecule has 2 N–H and O–H groups in total. The molecule has 0 fully saturated rings. The maximum atomic E-state index is 13.3. The van der Waals surface area contributed by atoms with Crippen molar-refractivity contribution in [2.75, 3.05) is 7.05 Å². The fraction of sp³-hybridized carbons (Fsp3) is 0.286. The summed E-state index contributed by atoms with van der Waals surface area (Å²) < 4.78 is 18.6. The molecule has 29 heavy (non-hydrogen) atoms. The molecule has 1 heterocycles. The molecular weight excluding hydrogens is 484 g/mol. The van der Waals surface area contributed by atoms with Crippen LogP contribution in [0.1, 0.15) is 30.3 Å². The molecule has 3 aromatic rings. The molecule has 0 atom stereocenters. The summed E-state index contributed by atoms with van der Waals surface area (Å²) in [5.41, 5.74) is 2.79. The van der Waals surface area contributed by atoms with Gasteiger partial charge in [-0.15, -0.1) is 24.0 Å². The van der Waals surface area contributed by atoms with Crippen molar-refractivity contribution in [1.29, 1.82) is 0 Å². The number of nitrogens with zero attached hydrogens (tertiary/aromatic N) is 3. The van der Waals surface area contributed by atoms with Crippen LogP contribution in [0.15, 0.2) is 58.0 Å². The number of hydrogen-bond donors (Lipinski definition) is 2. The fourth-order valence-corrected chi connectivity index (χ4v) is 2.75. The summed E-state index contributed by atoms with van der Waals surface area (Å²) in [7, 11) is 1.70. The third-order valence-corrected chi connectivity index (χ3v) is 4.15. The zero-order chi connectivity index (χ0) is 19.8. The predicted octanol–water partition coefficient (Wildman–Crippen LogP) is 4.31. The number of aryl methyl sites for hydroxylation is 1. The number of hydrogen-bond acceptors (Lipinski definition) is 4. The Balaban J connectivity index is 0.00000300. The quantitative estimate of drug-likeness (QED) is 0.282. The van der Waals surface area contributed by atoms with Crippen LogP contribution in [0.4, 0.5) is 4.39 Å². The topological polar surface area (TPSA) is 75.3 Å². The van der Waals surface area contributed by atoms with Gasteiger partial charge in [0.2, 0.25) is 0 Å². The molecule has 1 aromatic heterocycles. The summed E-state index contributed by atoms with van der Waals surface area (Å²) >= 11 is 0. The monoisotopic (exact) mass is 509 g/mol. The van der Waals surface area contributed by atoms with E-state index in [1.54, 1.807) is 13.1 Å². The Morgan fingerprint density at radius 3 is 2.41 bits per heavy atom. The van der Waals surface area contributed by atoms with E-state index in [0.717, 1.165) is 35.4 Å². The first-order chi connectivity index (χ1) is 13.7. The van der Waals surface area contributed by atoms with E-state index in [4.69, 9.17) is 4.52 Å². The van der Waals surface area contributed by atoms with Gasteiger partial charge in [-0.25, -0.2) is 4.39 Å². The Kier molecular flexibility index (Phi) is 9.04. The summed E-state index contributed by atoms with van der Waals surface area (Å²) in [5.74, 6) is 1.64. The smallest absolute Gasteiger partial charge is 0.257 e. The number of aromatic nitrogens is 2. The minimum Gasteiger partial charge on any atom is -0.352 e. The van der Waals surface area contributed by atoms with E-state index in [1.807, 2.05) is 30.3 Å². The molecular formula is C21H25FIN5O. The van der Waals surface area contributed by atoms with Gasteiger partial charge in [-0.2, -0.15) is 4.98 Å². The maximum absolute atomic E-state index is 13.3. The second-order valence-corrected chi connectivity index (χ2v) is 6.38. The lowest BCUT2D eigenvalue weighted by Gasteiger charge is -2.12. The standard InChI is InChI=1S/C21H24FN5O.HI/c1-3-6-19-26-20(28-27-19)17-9-4-7-15(11-17)13-24-21(23-2)25-14-16-8-5-10-18(22)12-16;/h4-5,7-12H,3,6,13-14H2,1-2H3,(H2,23,24,25);1H. The Bertz CT molecular complexity index is 944. The van der Waals surface area contributed by atoms with Crippen molar-refractivity contribution in [3.8, 4) is 11.5 Å². The SMILES string of the molecule is CCCc1noc(-c2cccc(CNC(=NC)NCc3cccc(F)c3)c2)n1.I. The van der Waals surface area contributed by atoms with Gasteiger partial charge < -0.3 is 15.2 Å². The molecule has 0 bridgehead atoms. The second kappa shape index (κ2) is 11.5. The third kappa shape index (κ3) is 6.81. The van der Waals surface area contributed by atoms with Gasteiger partial charge in [0.25, 0.3) is 5.89 Å². The first-order valence-electron chi connectivity index (χ1n) is 9.28. The van der Waals surface area contributed by atoms with E-state index in [-0.39, 0.29) is 29.8 Å². The first kappa shape index (κ1) is 22.8. The molecule has 0 amide bonds. The van der Waals surface area contributed by atoms with Gasteiger partial charge in [-0.05, 0) is 41.8 Å². The zero-order valence-electron chi connectivity index (χ0n) is 16.5. The lowest BCUT2D eigenvalue weighted by Crippen LogP contribution is -2.36. The highest BCUT2D eigenvalue weighted by Gasteiger charge is 2.09. The average Bonchev–Trinajstić information content (AvgIpc) is 3.17. The summed E-state index contributed by atoms with van der Waals surface area (Å²) in [4.78, 5) is 8.63. The van der Waals surface area contributed by atoms with Crippen LogP contribution in [-0.2, 0) is 19.5 Å². The number of aliphatic imine (C=N–C) groups is 1. The molecule has 3 rings (SSSR count). The minimum absolute atomic E-state index is 0. The lowest BCUT2D eigenvalue weighted by molar-refractivity contribution is 0.422. The number of rotatable bonds is 7. The summed E-state index contributed by atoms with van der Waals surface area (Å²) in [6, 6.07) is 14.4. The van der Waals surface area contributed by atoms with E-state index < -0.39 is 0 Å². The number of nitrogens with one attached hydrogen (secondary N) is 2. The van der Waals surface area contributed by atoms with Gasteiger partial charge in [0.15, 0.2) is 11.8 Å². The van der Waals surface area contributed by atoms with E-state index in [2.05, 4.69) is 32.7 Å². The van der Waals surface area contributed by atoms with Gasteiger partial charge in [0.05, 0.1) is 0 Å². The van der Waals surface area contributed by atoms with Crippen molar-refractivity contribution >= 4 is 29.9 Å². The van der Waals surface area contributed by atoms with Crippen LogP contribution in [0, 0.1) is 5.82 Å². The molecule has 0 radical (unpaired) electrons. The van der Waals surface area contributed by atoms with Crippen molar-refractivity contribution in [3.05, 3.63) is 71.3 Å². The van der Waals surface area contributed by atoms with Gasteiger partial charge in [0, 0.05) is 32.1 Å². The normalized spacial score (nSPS) is 11.1. The van der Waals surface area contributed by atoms with Crippen molar-refractivity contribution in [1.82, 2.24) is 20.8 Å². The van der Waals surface area contributed by atoms with Crippen LogP contribution in [0.3, 0.4) is 0 Å². The van der Waals surface area contributed by atoms with E-state index in [0.29, 0.717) is 24.9 Å². The van der Waals surface area contributed by atoms with Crippen LogP contribution < -0.4 is 10.6 Å². The van der Waals surface area contributed by atoms with E-state index >= 15 is 0 Å². The Morgan fingerprint density at radius 2 is 1.76 bits per heavy atom. The predicted molar refractivity (Wildman–Crippen MR) is 123 cm³/mol. The van der Waals surface area contributed by atoms with Crippen molar-refractivity contribution in [2.45, 2.75) is 32.9 Å². The zero-order valence-corrected chi connectivity index (χ0v) is 18.8. The summed E-state index contributed by atoms with van der Waals surface area (Å²) in [5, 5.41) is 10.4. The lowest BCUT2D eigenvalue weighted by atomic mass is 10.1. The average molecular weight is 509 g/mol.